The molecule has 1 aliphatic carbocycles. The molecule has 1 aromatic heterocycles. The number of aliphatic hydroxyl groups excluding tert-OH is 1. The number of carbonyl (C=O) groups is 1. The Morgan fingerprint density at radius 1 is 1.43 bits per heavy atom. The minimum absolute atomic E-state index is 0.0681. The summed E-state index contributed by atoms with van der Waals surface area (Å²) < 4.78 is 1.84. The van der Waals surface area contributed by atoms with Crippen molar-refractivity contribution in [1.82, 2.24) is 25.2 Å². The Morgan fingerprint density at radius 2 is 2.24 bits per heavy atom. The minimum atomic E-state index is -0.373. The number of aliphatic hydroxyl groups is 1. The average Bonchev–Trinajstić information content (AvgIpc) is 2.97. The van der Waals surface area contributed by atoms with Crippen LogP contribution >= 0.6 is 0 Å². The molecular formula is C14H23N5O2. The molecule has 1 saturated carbocycles. The molecule has 2 fully saturated rings. The monoisotopic (exact) mass is 293 g/mol. The SMILES string of the molecule is CN1C[C@@H](CC(=O)NC2CC(Cn3ccnn3)C2)[C@H](O)C1. The van der Waals surface area contributed by atoms with Gasteiger partial charge in [-0.25, -0.2) is 0 Å². The zero-order valence-electron chi connectivity index (χ0n) is 12.4. The minimum Gasteiger partial charge on any atom is -0.391 e. The summed E-state index contributed by atoms with van der Waals surface area (Å²) in [5.41, 5.74) is 0. The molecule has 1 aliphatic heterocycles. The topological polar surface area (TPSA) is 83.3 Å². The van der Waals surface area contributed by atoms with Crippen molar-refractivity contribution >= 4 is 5.91 Å². The van der Waals surface area contributed by atoms with Crippen LogP contribution in [-0.4, -0.2) is 63.2 Å². The first-order valence-electron chi connectivity index (χ1n) is 7.60. The quantitative estimate of drug-likeness (QED) is 0.764. The van der Waals surface area contributed by atoms with Crippen LogP contribution in [-0.2, 0) is 11.3 Å². The molecule has 2 N–H and O–H groups in total. The van der Waals surface area contributed by atoms with Gasteiger partial charge in [-0.15, -0.1) is 5.10 Å². The summed E-state index contributed by atoms with van der Waals surface area (Å²) in [4.78, 5) is 14.1. The van der Waals surface area contributed by atoms with Crippen molar-refractivity contribution in [2.45, 2.75) is 38.0 Å². The number of nitrogens with zero attached hydrogens (tertiary/aromatic N) is 4. The van der Waals surface area contributed by atoms with E-state index < -0.39 is 0 Å². The lowest BCUT2D eigenvalue weighted by Gasteiger charge is -2.35. The van der Waals surface area contributed by atoms with Gasteiger partial charge in [0.2, 0.25) is 5.91 Å². The van der Waals surface area contributed by atoms with Crippen LogP contribution in [0.1, 0.15) is 19.3 Å². The summed E-state index contributed by atoms with van der Waals surface area (Å²) in [5, 5.41) is 20.7. The molecule has 0 spiro atoms. The highest BCUT2D eigenvalue weighted by Crippen LogP contribution is 2.29. The number of β-amino-alcohol motifs (C(OH)–C–C–N with tert-alkyl or cyclic N) is 1. The molecule has 2 aliphatic rings. The standard InChI is InChI=1S/C14H23N5O2/c1-18-8-11(13(20)9-18)6-14(21)16-12-4-10(5-12)7-19-3-2-15-17-19/h2-3,10-13,20H,4-9H2,1H3,(H,16,21)/t10?,11-,12?,13-/m1/s1. The smallest absolute Gasteiger partial charge is 0.220 e. The molecule has 0 aromatic carbocycles. The third kappa shape index (κ3) is 3.59. The van der Waals surface area contributed by atoms with E-state index in [1.807, 2.05) is 17.9 Å². The molecular weight excluding hydrogens is 270 g/mol. The third-order valence-corrected chi connectivity index (χ3v) is 4.55. The van der Waals surface area contributed by atoms with Crippen molar-refractivity contribution in [2.75, 3.05) is 20.1 Å². The van der Waals surface area contributed by atoms with E-state index in [0.29, 0.717) is 18.9 Å². The van der Waals surface area contributed by atoms with Gasteiger partial charge < -0.3 is 15.3 Å². The lowest BCUT2D eigenvalue weighted by atomic mass is 9.80. The highest BCUT2D eigenvalue weighted by atomic mass is 16.3. The van der Waals surface area contributed by atoms with Crippen LogP contribution < -0.4 is 5.32 Å². The number of nitrogens with one attached hydrogen (secondary N) is 1. The Kier molecular flexibility index (Phi) is 4.21. The van der Waals surface area contributed by atoms with Gasteiger partial charge in [0.25, 0.3) is 0 Å². The third-order valence-electron chi connectivity index (χ3n) is 4.55. The maximum atomic E-state index is 12.0. The second-order valence-electron chi connectivity index (χ2n) is 6.48. The lowest BCUT2D eigenvalue weighted by molar-refractivity contribution is -0.124. The summed E-state index contributed by atoms with van der Waals surface area (Å²) in [6.07, 6.45) is 5.60. The largest absolute Gasteiger partial charge is 0.391 e. The zero-order chi connectivity index (χ0) is 14.8. The molecule has 116 valence electrons. The predicted octanol–water partition coefficient (Wildman–Crippen LogP) is -0.514. The fraction of sp³-hybridized carbons (Fsp3) is 0.786. The first kappa shape index (κ1) is 14.5. The van der Waals surface area contributed by atoms with Crippen LogP contribution in [0.25, 0.3) is 0 Å². The van der Waals surface area contributed by atoms with Crippen LogP contribution in [0.15, 0.2) is 12.4 Å². The summed E-state index contributed by atoms with van der Waals surface area (Å²) in [6.45, 7) is 2.34. The predicted molar refractivity (Wildman–Crippen MR) is 76.3 cm³/mol. The van der Waals surface area contributed by atoms with Crippen LogP contribution in [0.4, 0.5) is 0 Å². The molecule has 0 radical (unpaired) electrons. The van der Waals surface area contributed by atoms with Gasteiger partial charge in [0.05, 0.1) is 12.3 Å². The van der Waals surface area contributed by atoms with Gasteiger partial charge in [-0.05, 0) is 25.8 Å². The maximum absolute atomic E-state index is 12.0. The van der Waals surface area contributed by atoms with E-state index >= 15 is 0 Å². The molecule has 1 amide bonds. The Balaban J connectivity index is 1.35. The Hall–Kier alpha value is -1.47. The van der Waals surface area contributed by atoms with Crippen LogP contribution in [0.3, 0.4) is 0 Å². The first-order valence-corrected chi connectivity index (χ1v) is 7.60. The van der Waals surface area contributed by atoms with E-state index in [4.69, 9.17) is 0 Å². The summed E-state index contributed by atoms with van der Waals surface area (Å²) >= 11 is 0. The zero-order valence-corrected chi connectivity index (χ0v) is 12.4. The van der Waals surface area contributed by atoms with Crippen molar-refractivity contribution in [2.24, 2.45) is 11.8 Å². The van der Waals surface area contributed by atoms with E-state index in [0.717, 1.165) is 25.9 Å². The van der Waals surface area contributed by atoms with Gasteiger partial charge >= 0.3 is 0 Å². The molecule has 1 saturated heterocycles. The number of hydrogen-bond acceptors (Lipinski definition) is 5. The molecule has 0 bridgehead atoms. The number of carbonyl (C=O) groups excluding carboxylic acids is 1. The van der Waals surface area contributed by atoms with E-state index in [2.05, 4.69) is 20.5 Å². The Morgan fingerprint density at radius 3 is 2.86 bits per heavy atom. The van der Waals surface area contributed by atoms with Crippen LogP contribution in [0.2, 0.25) is 0 Å². The Labute approximate surface area is 124 Å². The second kappa shape index (κ2) is 6.11. The average molecular weight is 293 g/mol. The summed E-state index contributed by atoms with van der Waals surface area (Å²) in [5.74, 6) is 0.708. The Bertz CT molecular complexity index is 472. The van der Waals surface area contributed by atoms with Gasteiger partial charge in [0.1, 0.15) is 0 Å². The summed E-state index contributed by atoms with van der Waals surface area (Å²) in [6, 6.07) is 0.280. The number of likely N-dealkylation sites (tertiary alicyclic amines) is 1. The van der Waals surface area contributed by atoms with Crippen molar-refractivity contribution in [1.29, 1.82) is 0 Å². The molecule has 7 heteroatoms. The molecule has 2 atom stereocenters. The first-order chi connectivity index (χ1) is 10.1. The van der Waals surface area contributed by atoms with Gasteiger partial charge in [-0.1, -0.05) is 5.21 Å². The molecule has 0 unspecified atom stereocenters. The lowest BCUT2D eigenvalue weighted by Crippen LogP contribution is -2.46. The van der Waals surface area contributed by atoms with E-state index in [1.54, 1.807) is 6.20 Å². The normalized spacial score (nSPS) is 32.9. The van der Waals surface area contributed by atoms with Gasteiger partial charge in [0, 0.05) is 44.2 Å². The van der Waals surface area contributed by atoms with Gasteiger partial charge in [-0.2, -0.15) is 0 Å². The number of amides is 1. The molecule has 1 aromatic rings. The highest BCUT2D eigenvalue weighted by molar-refractivity contribution is 5.76. The molecule has 2 heterocycles. The highest BCUT2D eigenvalue weighted by Gasteiger charge is 2.34. The van der Waals surface area contributed by atoms with E-state index in [1.165, 1.54) is 0 Å². The molecule has 21 heavy (non-hydrogen) atoms. The number of aromatic nitrogens is 3. The van der Waals surface area contributed by atoms with Gasteiger partial charge in [-0.3, -0.25) is 9.48 Å². The second-order valence-corrected chi connectivity index (χ2v) is 6.48. The number of rotatable bonds is 5. The number of likely N-dealkylation sites (N-methyl/N-ethyl adjacent to an activating group) is 1. The van der Waals surface area contributed by atoms with E-state index in [9.17, 15) is 9.90 Å². The van der Waals surface area contributed by atoms with Crippen LogP contribution in [0, 0.1) is 11.8 Å². The fourth-order valence-electron chi connectivity index (χ4n) is 3.39. The van der Waals surface area contributed by atoms with Crippen molar-refractivity contribution in [3.63, 3.8) is 0 Å². The summed E-state index contributed by atoms with van der Waals surface area (Å²) in [7, 11) is 1.97. The van der Waals surface area contributed by atoms with Crippen LogP contribution in [0.5, 0.6) is 0 Å². The van der Waals surface area contributed by atoms with Crippen molar-refractivity contribution < 1.29 is 9.90 Å². The number of hydrogen-bond donors (Lipinski definition) is 2. The fourth-order valence-corrected chi connectivity index (χ4v) is 3.39. The van der Waals surface area contributed by atoms with Gasteiger partial charge in [0.15, 0.2) is 0 Å². The molecule has 7 nitrogen and oxygen atoms in total. The maximum Gasteiger partial charge on any atom is 0.220 e. The van der Waals surface area contributed by atoms with Crippen molar-refractivity contribution in [3.8, 4) is 0 Å². The van der Waals surface area contributed by atoms with Crippen molar-refractivity contribution in [3.05, 3.63) is 12.4 Å². The van der Waals surface area contributed by atoms with E-state index in [-0.39, 0.29) is 24.0 Å². The molecule has 3 rings (SSSR count).